The Labute approximate surface area is 119 Å². The van der Waals surface area contributed by atoms with Gasteiger partial charge in [0.25, 0.3) is 0 Å². The van der Waals surface area contributed by atoms with Gasteiger partial charge in [-0.2, -0.15) is 5.10 Å². The lowest BCUT2D eigenvalue weighted by atomic mass is 9.94. The molecule has 2 rings (SSSR count). The zero-order valence-electron chi connectivity index (χ0n) is 12.1. The number of aromatic nitrogens is 2. The van der Waals surface area contributed by atoms with Crippen LogP contribution in [0.2, 0.25) is 0 Å². The van der Waals surface area contributed by atoms with Crippen LogP contribution in [-0.2, 0) is 12.8 Å². The molecule has 1 aromatic rings. The molecule has 112 valence electrons. The summed E-state index contributed by atoms with van der Waals surface area (Å²) in [5, 5.41) is 22.2. The van der Waals surface area contributed by atoms with Crippen LogP contribution in [0.4, 0.5) is 4.79 Å². The molecule has 4 N–H and O–H groups in total. The van der Waals surface area contributed by atoms with Crippen LogP contribution in [0, 0.1) is 5.92 Å². The molecule has 0 saturated carbocycles. The first kappa shape index (κ1) is 14.8. The average Bonchev–Trinajstić information content (AvgIpc) is 2.83. The van der Waals surface area contributed by atoms with Gasteiger partial charge in [-0.05, 0) is 44.1 Å². The Morgan fingerprint density at radius 2 is 2.40 bits per heavy atom. The Morgan fingerprint density at radius 3 is 3.15 bits per heavy atom. The monoisotopic (exact) mass is 280 g/mol. The van der Waals surface area contributed by atoms with Gasteiger partial charge in [-0.15, -0.1) is 0 Å². The van der Waals surface area contributed by atoms with Gasteiger partial charge >= 0.3 is 6.03 Å². The molecule has 0 saturated heterocycles. The van der Waals surface area contributed by atoms with E-state index in [0.29, 0.717) is 13.0 Å². The van der Waals surface area contributed by atoms with Gasteiger partial charge < -0.3 is 15.7 Å². The normalized spacial score (nSPS) is 20.9. The standard InChI is InChI=1S/C14H24N4O2/c1-9(5-10(2)19)7-15-14(20)17-12-3-4-13-11(6-12)8-16-18-13/h8-10,12,19H,3-7H2,1-2H3,(H,16,18)(H2,15,17,20). The van der Waals surface area contributed by atoms with Crippen molar-refractivity contribution in [1.29, 1.82) is 0 Å². The van der Waals surface area contributed by atoms with E-state index < -0.39 is 0 Å². The second-order valence-electron chi connectivity index (χ2n) is 5.86. The predicted octanol–water partition coefficient (Wildman–Crippen LogP) is 0.973. The quantitative estimate of drug-likeness (QED) is 0.648. The summed E-state index contributed by atoms with van der Waals surface area (Å²) >= 11 is 0. The first-order valence-corrected chi connectivity index (χ1v) is 7.28. The highest BCUT2D eigenvalue weighted by Gasteiger charge is 2.21. The number of rotatable bonds is 5. The van der Waals surface area contributed by atoms with Crippen LogP contribution in [0.1, 0.15) is 37.9 Å². The van der Waals surface area contributed by atoms with Crippen LogP contribution in [0.25, 0.3) is 0 Å². The third kappa shape index (κ3) is 4.23. The van der Waals surface area contributed by atoms with Gasteiger partial charge in [0.05, 0.1) is 12.3 Å². The topological polar surface area (TPSA) is 90.0 Å². The summed E-state index contributed by atoms with van der Waals surface area (Å²) < 4.78 is 0. The fraction of sp³-hybridized carbons (Fsp3) is 0.714. The molecule has 0 aliphatic heterocycles. The molecule has 1 aromatic heterocycles. The van der Waals surface area contributed by atoms with E-state index in [1.165, 1.54) is 11.3 Å². The molecule has 2 amide bonds. The van der Waals surface area contributed by atoms with E-state index >= 15 is 0 Å². The van der Waals surface area contributed by atoms with E-state index in [-0.39, 0.29) is 24.1 Å². The highest BCUT2D eigenvalue weighted by atomic mass is 16.3. The number of urea groups is 1. The molecule has 0 spiro atoms. The predicted molar refractivity (Wildman–Crippen MR) is 76.4 cm³/mol. The molecule has 0 bridgehead atoms. The zero-order chi connectivity index (χ0) is 14.5. The van der Waals surface area contributed by atoms with Gasteiger partial charge in [0, 0.05) is 18.3 Å². The zero-order valence-corrected chi connectivity index (χ0v) is 12.1. The summed E-state index contributed by atoms with van der Waals surface area (Å²) in [6, 6.07) is 0.0477. The molecule has 0 fully saturated rings. The minimum atomic E-state index is -0.326. The molecule has 0 aromatic carbocycles. The van der Waals surface area contributed by atoms with E-state index in [2.05, 4.69) is 20.8 Å². The van der Waals surface area contributed by atoms with Crippen LogP contribution in [0.15, 0.2) is 6.20 Å². The van der Waals surface area contributed by atoms with Crippen molar-refractivity contribution in [2.75, 3.05) is 6.54 Å². The highest BCUT2D eigenvalue weighted by Crippen LogP contribution is 2.18. The largest absolute Gasteiger partial charge is 0.393 e. The fourth-order valence-corrected chi connectivity index (χ4v) is 2.71. The number of aromatic amines is 1. The van der Waals surface area contributed by atoms with Crippen molar-refractivity contribution >= 4 is 6.03 Å². The molecule has 6 heteroatoms. The molecular formula is C14H24N4O2. The minimum absolute atomic E-state index is 0.126. The maximum absolute atomic E-state index is 11.8. The maximum atomic E-state index is 11.8. The number of nitrogens with zero attached hydrogens (tertiary/aromatic N) is 1. The third-order valence-electron chi connectivity index (χ3n) is 3.71. The minimum Gasteiger partial charge on any atom is -0.393 e. The summed E-state index contributed by atoms with van der Waals surface area (Å²) in [5.41, 5.74) is 2.39. The molecule has 0 radical (unpaired) electrons. The number of nitrogens with one attached hydrogen (secondary N) is 3. The molecular weight excluding hydrogens is 256 g/mol. The molecule has 1 aliphatic carbocycles. The fourth-order valence-electron chi connectivity index (χ4n) is 2.71. The van der Waals surface area contributed by atoms with Gasteiger partial charge in [-0.3, -0.25) is 5.10 Å². The van der Waals surface area contributed by atoms with E-state index in [0.717, 1.165) is 19.3 Å². The smallest absolute Gasteiger partial charge is 0.315 e. The number of aliphatic hydroxyl groups is 1. The van der Waals surface area contributed by atoms with Crippen molar-refractivity contribution in [3.05, 3.63) is 17.5 Å². The summed E-state index contributed by atoms with van der Waals surface area (Å²) in [4.78, 5) is 11.8. The first-order chi connectivity index (χ1) is 9.54. The number of H-pyrrole nitrogens is 1. The number of aryl methyl sites for hydroxylation is 1. The maximum Gasteiger partial charge on any atom is 0.315 e. The lowest BCUT2D eigenvalue weighted by Crippen LogP contribution is -2.45. The summed E-state index contributed by atoms with van der Waals surface area (Å²) in [6.07, 6.45) is 4.91. The van der Waals surface area contributed by atoms with Gasteiger partial charge in [-0.25, -0.2) is 4.79 Å². The number of carbonyl (C=O) groups excluding carboxylic acids is 1. The number of hydrogen-bond donors (Lipinski definition) is 4. The molecule has 20 heavy (non-hydrogen) atoms. The highest BCUT2D eigenvalue weighted by molar-refractivity contribution is 5.74. The second kappa shape index (κ2) is 6.74. The van der Waals surface area contributed by atoms with E-state index in [4.69, 9.17) is 0 Å². The van der Waals surface area contributed by atoms with Crippen molar-refractivity contribution < 1.29 is 9.90 Å². The molecule has 1 aliphatic rings. The van der Waals surface area contributed by atoms with Gasteiger partial charge in [-0.1, -0.05) is 6.92 Å². The number of aliphatic hydroxyl groups excluding tert-OH is 1. The van der Waals surface area contributed by atoms with Crippen molar-refractivity contribution in [3.8, 4) is 0 Å². The second-order valence-corrected chi connectivity index (χ2v) is 5.86. The van der Waals surface area contributed by atoms with Gasteiger partial charge in [0.15, 0.2) is 0 Å². The van der Waals surface area contributed by atoms with Crippen LogP contribution >= 0.6 is 0 Å². The van der Waals surface area contributed by atoms with Crippen molar-refractivity contribution in [2.45, 2.75) is 51.7 Å². The van der Waals surface area contributed by atoms with E-state index in [9.17, 15) is 9.90 Å². The third-order valence-corrected chi connectivity index (χ3v) is 3.71. The summed E-state index contributed by atoms with van der Waals surface area (Å²) in [7, 11) is 0. The molecule has 1 heterocycles. The Balaban J connectivity index is 1.70. The van der Waals surface area contributed by atoms with E-state index in [1.807, 2.05) is 13.1 Å². The summed E-state index contributed by atoms with van der Waals surface area (Å²) in [6.45, 7) is 4.37. The Bertz CT molecular complexity index is 444. The van der Waals surface area contributed by atoms with Crippen molar-refractivity contribution in [3.63, 3.8) is 0 Å². The first-order valence-electron chi connectivity index (χ1n) is 7.28. The lowest BCUT2D eigenvalue weighted by molar-refractivity contribution is 0.163. The number of amides is 2. The number of carbonyl (C=O) groups is 1. The molecule has 3 atom stereocenters. The van der Waals surface area contributed by atoms with E-state index in [1.54, 1.807) is 6.92 Å². The molecule has 6 nitrogen and oxygen atoms in total. The number of hydrogen-bond acceptors (Lipinski definition) is 3. The van der Waals surface area contributed by atoms with Crippen LogP contribution < -0.4 is 10.6 Å². The summed E-state index contributed by atoms with van der Waals surface area (Å²) in [5.74, 6) is 0.271. The average molecular weight is 280 g/mol. The van der Waals surface area contributed by atoms with Crippen molar-refractivity contribution in [1.82, 2.24) is 20.8 Å². The Kier molecular flexibility index (Phi) is 5.00. The Hall–Kier alpha value is -1.56. The van der Waals surface area contributed by atoms with Crippen LogP contribution in [0.3, 0.4) is 0 Å². The van der Waals surface area contributed by atoms with Crippen LogP contribution in [-0.4, -0.2) is 40.0 Å². The number of fused-ring (bicyclic) bond motifs is 1. The lowest BCUT2D eigenvalue weighted by Gasteiger charge is -2.23. The SMILES string of the molecule is CC(O)CC(C)CNC(=O)NC1CCc2[nH]ncc2C1. The Morgan fingerprint density at radius 1 is 1.60 bits per heavy atom. The van der Waals surface area contributed by atoms with Crippen LogP contribution in [0.5, 0.6) is 0 Å². The molecule has 3 unspecified atom stereocenters. The van der Waals surface area contributed by atoms with Crippen molar-refractivity contribution in [2.24, 2.45) is 5.92 Å². The van der Waals surface area contributed by atoms with Gasteiger partial charge in [0.2, 0.25) is 0 Å². The van der Waals surface area contributed by atoms with Gasteiger partial charge in [0.1, 0.15) is 0 Å².